The molecule has 6 heteroatoms. The number of hydrogen-bond donors (Lipinski definition) is 1. The molecule has 1 N–H and O–H groups in total. The smallest absolute Gasteiger partial charge is 0.371 e. The Bertz CT molecular complexity index is 468. The van der Waals surface area contributed by atoms with Crippen LogP contribution in [0, 0.1) is 5.92 Å². The Hall–Kier alpha value is -0.750. The number of piperidine rings is 1. The number of alkyl halides is 3. The summed E-state index contributed by atoms with van der Waals surface area (Å²) in [5, 5.41) is 3.25. The van der Waals surface area contributed by atoms with Gasteiger partial charge in [0.15, 0.2) is 0 Å². The Morgan fingerprint density at radius 2 is 1.95 bits per heavy atom. The van der Waals surface area contributed by atoms with Crippen LogP contribution in [0.25, 0.3) is 0 Å². The van der Waals surface area contributed by atoms with Crippen molar-refractivity contribution in [3.8, 4) is 0 Å². The molecule has 0 atom stereocenters. The largest absolute Gasteiger partial charge is 0.391 e. The summed E-state index contributed by atoms with van der Waals surface area (Å²) in [6.07, 6.45) is -3.71. The van der Waals surface area contributed by atoms with E-state index in [1.807, 2.05) is 30.0 Å². The maximum Gasteiger partial charge on any atom is 0.391 e. The molecule has 0 radical (unpaired) electrons. The van der Waals surface area contributed by atoms with E-state index in [9.17, 15) is 13.2 Å². The van der Waals surface area contributed by atoms with E-state index in [0.29, 0.717) is 13.1 Å². The topological polar surface area (TPSA) is 15.3 Å². The summed E-state index contributed by atoms with van der Waals surface area (Å²) in [5.74, 6) is -1.15. The zero-order valence-corrected chi connectivity index (χ0v) is 13.6. The number of hydrogen-bond acceptors (Lipinski definition) is 2. The first-order valence-electron chi connectivity index (χ1n) is 7.22. The Balaban J connectivity index is 2.00. The Kier molecular flexibility index (Phi) is 5.54. The van der Waals surface area contributed by atoms with Crippen LogP contribution >= 0.6 is 15.9 Å². The minimum absolute atomic E-state index is 0.176. The minimum Gasteiger partial charge on any atom is -0.371 e. The highest BCUT2D eigenvalue weighted by Gasteiger charge is 2.41. The summed E-state index contributed by atoms with van der Waals surface area (Å²) >= 11 is 3.54. The highest BCUT2D eigenvalue weighted by atomic mass is 79.9. The molecule has 0 spiro atoms. The monoisotopic (exact) mass is 364 g/mol. The molecular weight excluding hydrogens is 345 g/mol. The van der Waals surface area contributed by atoms with Gasteiger partial charge in [-0.1, -0.05) is 13.0 Å². The Morgan fingerprint density at radius 1 is 1.29 bits per heavy atom. The van der Waals surface area contributed by atoms with Gasteiger partial charge in [-0.15, -0.1) is 0 Å². The molecule has 1 heterocycles. The predicted octanol–water partition coefficient (Wildman–Crippen LogP) is 4.34. The normalized spacial score (nSPS) is 17.3. The average molecular weight is 365 g/mol. The fraction of sp³-hybridized carbons (Fsp3) is 0.600. The maximum atomic E-state index is 12.7. The van der Waals surface area contributed by atoms with Gasteiger partial charge >= 0.3 is 6.18 Å². The molecule has 0 amide bonds. The SMILES string of the molecule is CCNCc1ccc(N2CCC(C(F)(F)F)CC2)c(Br)c1. The summed E-state index contributed by atoms with van der Waals surface area (Å²) in [6, 6.07) is 6.05. The molecule has 0 aromatic heterocycles. The molecular formula is C15H20BrF3N2. The molecule has 1 aromatic rings. The second-order valence-electron chi connectivity index (χ2n) is 5.37. The third-order valence-corrected chi connectivity index (χ3v) is 4.52. The number of nitrogens with zero attached hydrogens (tertiary/aromatic N) is 1. The van der Waals surface area contributed by atoms with Gasteiger partial charge in [0.25, 0.3) is 0 Å². The van der Waals surface area contributed by atoms with Crippen LogP contribution in [-0.4, -0.2) is 25.8 Å². The second-order valence-corrected chi connectivity index (χ2v) is 6.22. The average Bonchev–Trinajstić information content (AvgIpc) is 2.44. The van der Waals surface area contributed by atoms with E-state index in [2.05, 4.69) is 21.2 Å². The van der Waals surface area contributed by atoms with Gasteiger partial charge in [-0.3, -0.25) is 0 Å². The predicted molar refractivity (Wildman–Crippen MR) is 82.5 cm³/mol. The quantitative estimate of drug-likeness (QED) is 0.854. The van der Waals surface area contributed by atoms with Crippen molar-refractivity contribution in [2.45, 2.75) is 32.5 Å². The van der Waals surface area contributed by atoms with Crippen LogP contribution in [0.1, 0.15) is 25.3 Å². The summed E-state index contributed by atoms with van der Waals surface area (Å²) in [7, 11) is 0. The first kappa shape index (κ1) is 16.6. The van der Waals surface area contributed by atoms with Crippen molar-refractivity contribution in [1.82, 2.24) is 5.32 Å². The summed E-state index contributed by atoms with van der Waals surface area (Å²) in [6.45, 7) is 4.66. The van der Waals surface area contributed by atoms with Gasteiger partial charge in [-0.25, -0.2) is 0 Å². The van der Waals surface area contributed by atoms with Crippen molar-refractivity contribution in [1.29, 1.82) is 0 Å². The minimum atomic E-state index is -4.06. The Labute approximate surface area is 131 Å². The van der Waals surface area contributed by atoms with E-state index in [0.717, 1.165) is 28.8 Å². The summed E-state index contributed by atoms with van der Waals surface area (Å²) < 4.78 is 39.0. The van der Waals surface area contributed by atoms with Gasteiger partial charge in [0, 0.05) is 24.1 Å². The van der Waals surface area contributed by atoms with Crippen LogP contribution in [0.15, 0.2) is 22.7 Å². The van der Waals surface area contributed by atoms with Crippen molar-refractivity contribution in [3.63, 3.8) is 0 Å². The first-order valence-corrected chi connectivity index (χ1v) is 8.02. The summed E-state index contributed by atoms with van der Waals surface area (Å²) in [4.78, 5) is 2.03. The van der Waals surface area contributed by atoms with E-state index < -0.39 is 12.1 Å². The molecule has 0 aliphatic carbocycles. The summed E-state index contributed by atoms with van der Waals surface area (Å²) in [5.41, 5.74) is 2.15. The highest BCUT2D eigenvalue weighted by Crippen LogP contribution is 2.37. The van der Waals surface area contributed by atoms with E-state index in [1.54, 1.807) is 0 Å². The van der Waals surface area contributed by atoms with Gasteiger partial charge < -0.3 is 10.2 Å². The number of rotatable bonds is 4. The van der Waals surface area contributed by atoms with Crippen molar-refractivity contribution in [2.75, 3.05) is 24.5 Å². The van der Waals surface area contributed by atoms with E-state index in [4.69, 9.17) is 0 Å². The third-order valence-electron chi connectivity index (χ3n) is 3.89. The maximum absolute atomic E-state index is 12.7. The number of anilines is 1. The molecule has 1 aromatic carbocycles. The standard InChI is InChI=1S/C15H20BrF3N2/c1-2-20-10-11-3-4-14(13(16)9-11)21-7-5-12(6-8-21)15(17,18)19/h3-4,9,12,20H,2,5-8,10H2,1H3. The van der Waals surface area contributed by atoms with Crippen molar-refractivity contribution in [3.05, 3.63) is 28.2 Å². The first-order chi connectivity index (χ1) is 9.91. The zero-order chi connectivity index (χ0) is 15.5. The van der Waals surface area contributed by atoms with Crippen LogP contribution in [0.2, 0.25) is 0 Å². The fourth-order valence-electron chi connectivity index (χ4n) is 2.63. The molecule has 0 saturated carbocycles. The molecule has 0 unspecified atom stereocenters. The van der Waals surface area contributed by atoms with Crippen LogP contribution < -0.4 is 10.2 Å². The Morgan fingerprint density at radius 3 is 2.48 bits per heavy atom. The molecule has 2 rings (SSSR count). The van der Waals surface area contributed by atoms with Crippen LogP contribution in [0.5, 0.6) is 0 Å². The molecule has 1 aliphatic heterocycles. The lowest BCUT2D eigenvalue weighted by Crippen LogP contribution is -2.39. The molecule has 1 saturated heterocycles. The fourth-order valence-corrected chi connectivity index (χ4v) is 3.31. The third kappa shape index (κ3) is 4.36. The highest BCUT2D eigenvalue weighted by molar-refractivity contribution is 9.10. The van der Waals surface area contributed by atoms with Gasteiger partial charge in [-0.05, 0) is 53.0 Å². The zero-order valence-electron chi connectivity index (χ0n) is 12.0. The molecule has 21 heavy (non-hydrogen) atoms. The van der Waals surface area contributed by atoms with Crippen LogP contribution in [0.4, 0.5) is 18.9 Å². The lowest BCUT2D eigenvalue weighted by atomic mass is 9.96. The van der Waals surface area contributed by atoms with Gasteiger partial charge in [0.1, 0.15) is 0 Å². The number of nitrogens with one attached hydrogen (secondary N) is 1. The van der Waals surface area contributed by atoms with E-state index in [-0.39, 0.29) is 12.8 Å². The lowest BCUT2D eigenvalue weighted by Gasteiger charge is -2.35. The number of benzene rings is 1. The van der Waals surface area contributed by atoms with E-state index in [1.165, 1.54) is 0 Å². The molecule has 1 aliphatic rings. The van der Waals surface area contributed by atoms with Gasteiger partial charge in [0.05, 0.1) is 11.6 Å². The molecule has 2 nitrogen and oxygen atoms in total. The van der Waals surface area contributed by atoms with Crippen molar-refractivity contribution < 1.29 is 13.2 Å². The molecule has 1 fully saturated rings. The second kappa shape index (κ2) is 7.01. The van der Waals surface area contributed by atoms with Gasteiger partial charge in [0.2, 0.25) is 0 Å². The molecule has 0 bridgehead atoms. The van der Waals surface area contributed by atoms with Crippen LogP contribution in [0.3, 0.4) is 0 Å². The van der Waals surface area contributed by atoms with Gasteiger partial charge in [-0.2, -0.15) is 13.2 Å². The van der Waals surface area contributed by atoms with Crippen LogP contribution in [-0.2, 0) is 6.54 Å². The van der Waals surface area contributed by atoms with E-state index >= 15 is 0 Å². The molecule has 118 valence electrons. The van der Waals surface area contributed by atoms with Crippen molar-refractivity contribution in [2.24, 2.45) is 5.92 Å². The van der Waals surface area contributed by atoms with Crippen molar-refractivity contribution >= 4 is 21.6 Å². The lowest BCUT2D eigenvalue weighted by molar-refractivity contribution is -0.179. The number of halogens is 4.